The van der Waals surface area contributed by atoms with Crippen LogP contribution in [-0.2, 0) is 16.6 Å². The zero-order chi connectivity index (χ0) is 28.1. The number of benzene rings is 3. The van der Waals surface area contributed by atoms with Crippen LogP contribution in [0.3, 0.4) is 0 Å². The summed E-state index contributed by atoms with van der Waals surface area (Å²) < 4.78 is 7.78. The third-order valence-electron chi connectivity index (χ3n) is 7.17. The van der Waals surface area contributed by atoms with Gasteiger partial charge in [-0.1, -0.05) is 74.9 Å². The zero-order valence-electron chi connectivity index (χ0n) is 23.8. The topological polar surface area (TPSA) is 80.2 Å². The summed E-state index contributed by atoms with van der Waals surface area (Å²) in [6, 6.07) is 22.1. The standard InChI is InChI=1S/C33H39N5O2/c1-23-14-17-25(18-15-23)38-30(22-29(37-38)33(2,3)4)36-32(39)35-28-19-16-24(26-11-5-6-12-27(26)28)10-9-21-40-31-13-7-8-20-34-31/h5-6,8,11-12,14-20,22,31,34H,7,9-10,13,21H2,1-4H3,(H2,35,36,39). The van der Waals surface area contributed by atoms with E-state index in [9.17, 15) is 4.79 Å². The smallest absolute Gasteiger partial charge is 0.324 e. The first-order chi connectivity index (χ1) is 19.3. The summed E-state index contributed by atoms with van der Waals surface area (Å²) >= 11 is 0. The van der Waals surface area contributed by atoms with Gasteiger partial charge in [-0.2, -0.15) is 5.10 Å². The molecular formula is C33H39N5O2. The van der Waals surface area contributed by atoms with Crippen LogP contribution >= 0.6 is 0 Å². The van der Waals surface area contributed by atoms with E-state index in [0.717, 1.165) is 53.5 Å². The quantitative estimate of drug-likeness (QED) is 0.204. The Kier molecular flexibility index (Phi) is 8.21. The van der Waals surface area contributed by atoms with Crippen molar-refractivity contribution in [1.29, 1.82) is 0 Å². The number of nitrogens with zero attached hydrogens (tertiary/aromatic N) is 2. The van der Waals surface area contributed by atoms with E-state index < -0.39 is 0 Å². The Labute approximate surface area is 236 Å². The van der Waals surface area contributed by atoms with Crippen molar-refractivity contribution in [2.45, 2.75) is 65.0 Å². The first-order valence-electron chi connectivity index (χ1n) is 14.1. The normalized spacial score (nSPS) is 15.2. The van der Waals surface area contributed by atoms with E-state index in [1.807, 2.05) is 54.7 Å². The number of amides is 2. The second kappa shape index (κ2) is 12.0. The molecule has 3 aromatic carbocycles. The molecule has 0 spiro atoms. The molecule has 1 unspecified atom stereocenters. The molecule has 0 fully saturated rings. The summed E-state index contributed by atoms with van der Waals surface area (Å²) in [5, 5.41) is 16.4. The lowest BCUT2D eigenvalue weighted by Gasteiger charge is -2.20. The fourth-order valence-corrected chi connectivity index (χ4v) is 4.89. The van der Waals surface area contributed by atoms with Gasteiger partial charge in [-0.15, -0.1) is 0 Å². The van der Waals surface area contributed by atoms with Crippen LogP contribution in [0.5, 0.6) is 0 Å². The van der Waals surface area contributed by atoms with Crippen LogP contribution in [0.15, 0.2) is 79.0 Å². The Morgan fingerprint density at radius 1 is 1.05 bits per heavy atom. The molecule has 4 aromatic rings. The highest BCUT2D eigenvalue weighted by Crippen LogP contribution is 2.29. The van der Waals surface area contributed by atoms with Crippen LogP contribution in [0.25, 0.3) is 16.5 Å². The number of nitrogens with one attached hydrogen (secondary N) is 3. The van der Waals surface area contributed by atoms with Crippen LogP contribution in [0, 0.1) is 6.92 Å². The summed E-state index contributed by atoms with van der Waals surface area (Å²) in [4.78, 5) is 13.3. The average Bonchev–Trinajstić information content (AvgIpc) is 3.37. The molecule has 1 aliphatic rings. The van der Waals surface area contributed by atoms with Crippen LogP contribution in [-0.4, -0.2) is 28.6 Å². The summed E-state index contributed by atoms with van der Waals surface area (Å²) in [5.74, 6) is 0.621. The van der Waals surface area contributed by atoms with E-state index in [0.29, 0.717) is 12.4 Å². The number of rotatable bonds is 8. The zero-order valence-corrected chi connectivity index (χ0v) is 23.8. The van der Waals surface area contributed by atoms with Crippen molar-refractivity contribution in [3.8, 4) is 5.69 Å². The molecule has 2 heterocycles. The maximum absolute atomic E-state index is 13.3. The van der Waals surface area contributed by atoms with E-state index in [4.69, 9.17) is 9.84 Å². The van der Waals surface area contributed by atoms with E-state index in [-0.39, 0.29) is 17.7 Å². The number of fused-ring (bicyclic) bond motifs is 1. The number of ether oxygens (including phenoxy) is 1. The molecule has 1 aromatic heterocycles. The Hall–Kier alpha value is -4.10. The maximum Gasteiger partial charge on any atom is 0.324 e. The van der Waals surface area contributed by atoms with E-state index in [1.54, 1.807) is 4.68 Å². The van der Waals surface area contributed by atoms with Gasteiger partial charge >= 0.3 is 6.03 Å². The molecule has 1 aliphatic heterocycles. The van der Waals surface area contributed by atoms with Gasteiger partial charge in [-0.05, 0) is 68.0 Å². The van der Waals surface area contributed by atoms with Crippen molar-refractivity contribution in [3.05, 3.63) is 95.8 Å². The number of urea groups is 1. The number of allylic oxidation sites excluding steroid dienone is 1. The van der Waals surface area contributed by atoms with Gasteiger partial charge in [-0.3, -0.25) is 5.32 Å². The van der Waals surface area contributed by atoms with Gasteiger partial charge in [0, 0.05) is 23.5 Å². The number of carbonyl (C=O) groups excluding carboxylic acids is 1. The minimum Gasteiger partial charge on any atom is -0.367 e. The highest BCUT2D eigenvalue weighted by Gasteiger charge is 2.22. The lowest BCUT2D eigenvalue weighted by atomic mass is 9.92. The Bertz CT molecular complexity index is 1500. The first-order valence-corrected chi connectivity index (χ1v) is 14.1. The van der Waals surface area contributed by atoms with Gasteiger partial charge in [0.15, 0.2) is 0 Å². The number of hydrogen-bond donors (Lipinski definition) is 3. The molecule has 2 amide bonds. The summed E-state index contributed by atoms with van der Waals surface area (Å²) in [6.45, 7) is 9.10. The van der Waals surface area contributed by atoms with E-state index >= 15 is 0 Å². The fraction of sp³-hybridized carbons (Fsp3) is 0.333. The molecule has 0 saturated heterocycles. The molecule has 0 aliphatic carbocycles. The number of aryl methyl sites for hydroxylation is 2. The first kappa shape index (κ1) is 27.5. The molecule has 1 atom stereocenters. The van der Waals surface area contributed by atoms with Crippen molar-refractivity contribution in [3.63, 3.8) is 0 Å². The lowest BCUT2D eigenvalue weighted by Crippen LogP contribution is -2.30. The lowest BCUT2D eigenvalue weighted by molar-refractivity contribution is 0.0298. The molecule has 7 heteroatoms. The molecule has 7 nitrogen and oxygen atoms in total. The molecule has 0 bridgehead atoms. The van der Waals surface area contributed by atoms with Gasteiger partial charge in [-0.25, -0.2) is 9.48 Å². The molecule has 40 heavy (non-hydrogen) atoms. The summed E-state index contributed by atoms with van der Waals surface area (Å²) in [6.07, 6.45) is 8.10. The minimum atomic E-state index is -0.311. The number of carbonyl (C=O) groups is 1. The third kappa shape index (κ3) is 6.54. The maximum atomic E-state index is 13.3. The van der Waals surface area contributed by atoms with Gasteiger partial charge < -0.3 is 15.4 Å². The second-order valence-electron chi connectivity index (χ2n) is 11.4. The highest BCUT2D eigenvalue weighted by molar-refractivity contribution is 6.06. The average molecular weight is 538 g/mol. The van der Waals surface area contributed by atoms with Gasteiger partial charge in [0.25, 0.3) is 0 Å². The van der Waals surface area contributed by atoms with Crippen LogP contribution in [0.2, 0.25) is 0 Å². The van der Waals surface area contributed by atoms with Crippen molar-refractivity contribution < 1.29 is 9.53 Å². The second-order valence-corrected chi connectivity index (χ2v) is 11.4. The molecule has 5 rings (SSSR count). The van der Waals surface area contributed by atoms with Crippen molar-refractivity contribution in [2.75, 3.05) is 17.2 Å². The Morgan fingerprint density at radius 3 is 2.55 bits per heavy atom. The molecule has 208 valence electrons. The summed E-state index contributed by atoms with van der Waals surface area (Å²) in [5.41, 5.74) is 4.81. The predicted octanol–water partition coefficient (Wildman–Crippen LogP) is 7.45. The van der Waals surface area contributed by atoms with Crippen molar-refractivity contribution in [1.82, 2.24) is 15.1 Å². The Balaban J connectivity index is 1.30. The van der Waals surface area contributed by atoms with E-state index in [1.165, 1.54) is 11.1 Å². The number of aromatic nitrogens is 2. The summed E-state index contributed by atoms with van der Waals surface area (Å²) in [7, 11) is 0. The number of anilines is 2. The number of hydrogen-bond acceptors (Lipinski definition) is 4. The largest absolute Gasteiger partial charge is 0.367 e. The monoisotopic (exact) mass is 537 g/mol. The molecular weight excluding hydrogens is 498 g/mol. The van der Waals surface area contributed by atoms with E-state index in [2.05, 4.69) is 67.9 Å². The van der Waals surface area contributed by atoms with Crippen LogP contribution < -0.4 is 16.0 Å². The van der Waals surface area contributed by atoms with Gasteiger partial charge in [0.05, 0.1) is 17.1 Å². The van der Waals surface area contributed by atoms with Crippen molar-refractivity contribution in [2.24, 2.45) is 0 Å². The molecule has 3 N–H and O–H groups in total. The SMILES string of the molecule is Cc1ccc(-n2nc(C(C)(C)C)cc2NC(=O)Nc2ccc(CCCOC3CCC=CN3)c3ccccc23)cc1. The highest BCUT2D eigenvalue weighted by atomic mass is 16.5. The minimum absolute atomic E-state index is 0.105. The van der Waals surface area contributed by atoms with Gasteiger partial charge in [0.1, 0.15) is 12.0 Å². The molecule has 0 radical (unpaired) electrons. The fourth-order valence-electron chi connectivity index (χ4n) is 4.89. The van der Waals surface area contributed by atoms with Crippen LogP contribution in [0.1, 0.15) is 56.9 Å². The predicted molar refractivity (Wildman–Crippen MR) is 163 cm³/mol. The third-order valence-corrected chi connectivity index (χ3v) is 7.17. The van der Waals surface area contributed by atoms with Gasteiger partial charge in [0.2, 0.25) is 0 Å². The Morgan fingerprint density at radius 2 is 1.82 bits per heavy atom. The molecule has 0 saturated carbocycles. The van der Waals surface area contributed by atoms with Crippen LogP contribution in [0.4, 0.5) is 16.3 Å². The van der Waals surface area contributed by atoms with Crippen molar-refractivity contribution >= 4 is 28.3 Å².